The van der Waals surface area contributed by atoms with Crippen molar-refractivity contribution in [2.75, 3.05) is 13.1 Å². The Morgan fingerprint density at radius 2 is 1.95 bits per heavy atom. The first-order valence-electron chi connectivity index (χ1n) is 6.09. The Bertz CT molecular complexity index is 529. The highest BCUT2D eigenvalue weighted by atomic mass is 32.2. The molecule has 0 aromatic heterocycles. The second kappa shape index (κ2) is 6.74. The van der Waals surface area contributed by atoms with E-state index in [0.29, 0.717) is 19.5 Å². The highest BCUT2D eigenvalue weighted by molar-refractivity contribution is 7.89. The predicted molar refractivity (Wildman–Crippen MR) is 74.6 cm³/mol. The van der Waals surface area contributed by atoms with Crippen LogP contribution in [0.15, 0.2) is 34.3 Å². The van der Waals surface area contributed by atoms with Crippen LogP contribution in [0.1, 0.15) is 20.3 Å². The van der Waals surface area contributed by atoms with Crippen LogP contribution >= 0.6 is 0 Å². The fourth-order valence-electron chi connectivity index (χ4n) is 1.78. The Hall–Kier alpha value is -1.31. The maximum Gasteiger partial charge on any atom is 0.245 e. The van der Waals surface area contributed by atoms with Gasteiger partial charge < -0.3 is 5.73 Å². The highest BCUT2D eigenvalue weighted by Crippen LogP contribution is 2.27. The summed E-state index contributed by atoms with van der Waals surface area (Å²) >= 11 is 0. The third-order valence-corrected chi connectivity index (χ3v) is 4.83. The van der Waals surface area contributed by atoms with Crippen LogP contribution in [-0.4, -0.2) is 31.9 Å². The van der Waals surface area contributed by atoms with Crippen molar-refractivity contribution < 1.29 is 8.42 Å². The first kappa shape index (κ1) is 15.7. The zero-order chi connectivity index (χ0) is 14.5. The summed E-state index contributed by atoms with van der Waals surface area (Å²) in [6.07, 6.45) is 0.564. The van der Waals surface area contributed by atoms with Gasteiger partial charge in [-0.1, -0.05) is 12.1 Å². The molecular formula is C12H19N3O3S. The molecule has 0 heterocycles. The molecule has 0 bridgehead atoms. The van der Waals surface area contributed by atoms with Gasteiger partial charge in [0.1, 0.15) is 10.6 Å². The Labute approximate surface area is 113 Å². The first-order valence-corrected chi connectivity index (χ1v) is 7.53. The molecule has 0 spiro atoms. The number of hydrogen-bond donors (Lipinski definition) is 1. The molecule has 0 aliphatic carbocycles. The van der Waals surface area contributed by atoms with Crippen molar-refractivity contribution in [3.05, 3.63) is 29.2 Å². The molecule has 1 aromatic carbocycles. The number of benzene rings is 1. The van der Waals surface area contributed by atoms with Gasteiger partial charge in [0.25, 0.3) is 0 Å². The predicted octanol–water partition coefficient (Wildman–Crippen LogP) is 1.83. The minimum Gasteiger partial charge on any atom is -0.330 e. The van der Waals surface area contributed by atoms with Crippen LogP contribution in [0.4, 0.5) is 5.69 Å². The molecule has 0 fully saturated rings. The summed E-state index contributed by atoms with van der Waals surface area (Å²) in [6, 6.07) is 5.72. The Kier molecular flexibility index (Phi) is 5.59. The topological polar surface area (TPSA) is 92.8 Å². The van der Waals surface area contributed by atoms with Crippen LogP contribution in [0.2, 0.25) is 0 Å². The van der Waals surface area contributed by atoms with E-state index in [1.165, 1.54) is 16.4 Å². The lowest BCUT2D eigenvalue weighted by molar-refractivity contribution is 0.351. The number of rotatable bonds is 7. The van der Waals surface area contributed by atoms with Crippen LogP contribution in [-0.2, 0) is 10.0 Å². The average molecular weight is 285 g/mol. The van der Waals surface area contributed by atoms with Gasteiger partial charge >= 0.3 is 0 Å². The molecule has 106 valence electrons. The molecule has 19 heavy (non-hydrogen) atoms. The van der Waals surface area contributed by atoms with E-state index < -0.39 is 10.0 Å². The Morgan fingerprint density at radius 3 is 2.47 bits per heavy atom. The number of hydrogen-bond acceptors (Lipinski definition) is 5. The van der Waals surface area contributed by atoms with E-state index in [-0.39, 0.29) is 16.6 Å². The molecular weight excluding hydrogens is 266 g/mol. The maximum atomic E-state index is 12.5. The molecule has 0 aliphatic heterocycles. The van der Waals surface area contributed by atoms with Crippen molar-refractivity contribution in [1.29, 1.82) is 0 Å². The Balaban J connectivity index is 3.23. The summed E-state index contributed by atoms with van der Waals surface area (Å²) in [5, 5.41) is 2.78. The lowest BCUT2D eigenvalue weighted by atomic mass is 10.3. The molecule has 1 rings (SSSR count). The zero-order valence-corrected chi connectivity index (χ0v) is 11.9. The zero-order valence-electron chi connectivity index (χ0n) is 11.1. The fraction of sp³-hybridized carbons (Fsp3) is 0.500. The van der Waals surface area contributed by atoms with Crippen LogP contribution in [0, 0.1) is 4.91 Å². The fourth-order valence-corrected chi connectivity index (χ4v) is 3.58. The second-order valence-electron chi connectivity index (χ2n) is 4.41. The minimum absolute atomic E-state index is 0.0595. The molecule has 0 saturated carbocycles. The summed E-state index contributed by atoms with van der Waals surface area (Å²) < 4.78 is 26.4. The van der Waals surface area contributed by atoms with Gasteiger partial charge in [0.2, 0.25) is 10.0 Å². The van der Waals surface area contributed by atoms with Crippen molar-refractivity contribution in [2.45, 2.75) is 31.2 Å². The molecule has 1 aromatic rings. The first-order chi connectivity index (χ1) is 8.95. The SMILES string of the molecule is CC(C)N(CCCN)S(=O)(=O)c1ccccc1N=O. The summed E-state index contributed by atoms with van der Waals surface area (Å²) in [6.45, 7) is 4.30. The summed E-state index contributed by atoms with van der Waals surface area (Å²) in [5.74, 6) is 0. The van der Waals surface area contributed by atoms with Crippen molar-refractivity contribution in [3.8, 4) is 0 Å². The van der Waals surface area contributed by atoms with E-state index in [9.17, 15) is 13.3 Å². The number of nitrogens with zero attached hydrogens (tertiary/aromatic N) is 2. The van der Waals surface area contributed by atoms with Gasteiger partial charge in [-0.25, -0.2) is 8.42 Å². The van der Waals surface area contributed by atoms with Gasteiger partial charge in [-0.05, 0) is 44.1 Å². The van der Waals surface area contributed by atoms with Gasteiger partial charge in [0.15, 0.2) is 0 Å². The van der Waals surface area contributed by atoms with E-state index in [1.54, 1.807) is 26.0 Å². The normalized spacial score (nSPS) is 12.1. The maximum absolute atomic E-state index is 12.5. The van der Waals surface area contributed by atoms with E-state index in [4.69, 9.17) is 5.73 Å². The van der Waals surface area contributed by atoms with E-state index in [2.05, 4.69) is 5.18 Å². The van der Waals surface area contributed by atoms with Crippen LogP contribution in [0.5, 0.6) is 0 Å². The van der Waals surface area contributed by atoms with Gasteiger partial charge in [0.05, 0.1) is 0 Å². The van der Waals surface area contributed by atoms with Gasteiger partial charge in [-0.2, -0.15) is 4.31 Å². The molecule has 0 unspecified atom stereocenters. The van der Waals surface area contributed by atoms with Crippen molar-refractivity contribution >= 4 is 15.7 Å². The third-order valence-electron chi connectivity index (χ3n) is 2.71. The number of nitrogens with two attached hydrogens (primary N) is 1. The molecule has 0 aliphatic rings. The van der Waals surface area contributed by atoms with Gasteiger partial charge in [0, 0.05) is 12.6 Å². The molecule has 0 saturated heterocycles. The quantitative estimate of drug-likeness (QED) is 0.773. The highest BCUT2D eigenvalue weighted by Gasteiger charge is 2.28. The van der Waals surface area contributed by atoms with Crippen molar-refractivity contribution in [2.24, 2.45) is 10.9 Å². The van der Waals surface area contributed by atoms with E-state index >= 15 is 0 Å². The van der Waals surface area contributed by atoms with Gasteiger partial charge in [-0.15, -0.1) is 4.91 Å². The van der Waals surface area contributed by atoms with Crippen molar-refractivity contribution in [1.82, 2.24) is 4.31 Å². The molecule has 0 amide bonds. The van der Waals surface area contributed by atoms with Gasteiger partial charge in [-0.3, -0.25) is 0 Å². The monoisotopic (exact) mass is 285 g/mol. The molecule has 7 heteroatoms. The molecule has 6 nitrogen and oxygen atoms in total. The smallest absolute Gasteiger partial charge is 0.245 e. The van der Waals surface area contributed by atoms with Crippen LogP contribution < -0.4 is 5.73 Å². The number of nitroso groups, excluding NO2 is 1. The molecule has 0 atom stereocenters. The van der Waals surface area contributed by atoms with Crippen LogP contribution in [0.3, 0.4) is 0 Å². The molecule has 0 radical (unpaired) electrons. The average Bonchev–Trinajstić information content (AvgIpc) is 2.38. The summed E-state index contributed by atoms with van der Waals surface area (Å²) in [7, 11) is -3.73. The molecule has 2 N–H and O–H groups in total. The lowest BCUT2D eigenvalue weighted by Crippen LogP contribution is -2.38. The standard InChI is InChI=1S/C12H19N3O3S/c1-10(2)15(9-5-8-13)19(17,18)12-7-4-3-6-11(12)14-16/h3-4,6-7,10H,5,8-9,13H2,1-2H3. The Morgan fingerprint density at radius 1 is 1.32 bits per heavy atom. The second-order valence-corrected chi connectivity index (χ2v) is 6.27. The third kappa shape index (κ3) is 3.59. The van der Waals surface area contributed by atoms with Crippen LogP contribution in [0.25, 0.3) is 0 Å². The van der Waals surface area contributed by atoms with E-state index in [0.717, 1.165) is 0 Å². The summed E-state index contributed by atoms with van der Waals surface area (Å²) in [4.78, 5) is 10.7. The summed E-state index contributed by atoms with van der Waals surface area (Å²) in [5.41, 5.74) is 5.36. The van der Waals surface area contributed by atoms with E-state index in [1.807, 2.05) is 0 Å². The lowest BCUT2D eigenvalue weighted by Gasteiger charge is -2.26. The minimum atomic E-state index is -3.73. The number of sulfonamides is 1. The largest absolute Gasteiger partial charge is 0.330 e. The van der Waals surface area contributed by atoms with Crippen molar-refractivity contribution in [3.63, 3.8) is 0 Å².